The highest BCUT2D eigenvalue weighted by molar-refractivity contribution is 5.83. The van der Waals surface area contributed by atoms with E-state index in [1.807, 2.05) is 24.3 Å². The number of hydrazone groups is 1. The smallest absolute Gasteiger partial charge is 0.269 e. The van der Waals surface area contributed by atoms with Crippen LogP contribution in [0.3, 0.4) is 0 Å². The first kappa shape index (κ1) is 20.5. The van der Waals surface area contributed by atoms with Crippen LogP contribution in [0.15, 0.2) is 53.6 Å². The molecule has 29 heavy (non-hydrogen) atoms. The SMILES string of the molecule is COc1ccc(/C=N\NC(=O)C2CC[NH+](Cc3ccc([N+](=O)[O-])cc3)CC2)cc1. The second kappa shape index (κ2) is 9.79. The molecule has 0 radical (unpaired) electrons. The molecule has 1 saturated heterocycles. The number of piperidine rings is 1. The third-order valence-electron chi connectivity index (χ3n) is 5.17. The van der Waals surface area contributed by atoms with Crippen LogP contribution in [0.5, 0.6) is 5.75 Å². The number of nitrogens with zero attached hydrogens (tertiary/aromatic N) is 2. The maximum Gasteiger partial charge on any atom is 0.269 e. The Hall–Kier alpha value is -3.26. The number of benzene rings is 2. The number of hydrogen-bond donors (Lipinski definition) is 2. The number of likely N-dealkylation sites (tertiary alicyclic amines) is 1. The van der Waals surface area contributed by atoms with Crippen molar-refractivity contribution in [1.82, 2.24) is 5.43 Å². The van der Waals surface area contributed by atoms with Crippen molar-refractivity contribution in [2.75, 3.05) is 20.2 Å². The van der Waals surface area contributed by atoms with Gasteiger partial charge in [0.05, 0.1) is 37.3 Å². The molecule has 0 aromatic heterocycles. The number of hydrogen-bond acceptors (Lipinski definition) is 5. The molecule has 0 bridgehead atoms. The number of amides is 1. The summed E-state index contributed by atoms with van der Waals surface area (Å²) < 4.78 is 5.11. The summed E-state index contributed by atoms with van der Waals surface area (Å²) in [5.74, 6) is 0.682. The summed E-state index contributed by atoms with van der Waals surface area (Å²) in [6.07, 6.45) is 3.21. The molecule has 2 aromatic carbocycles. The molecule has 1 fully saturated rings. The maximum atomic E-state index is 12.3. The summed E-state index contributed by atoms with van der Waals surface area (Å²) in [7, 11) is 1.61. The average Bonchev–Trinajstić information content (AvgIpc) is 2.75. The third kappa shape index (κ3) is 5.86. The number of rotatable bonds is 7. The Morgan fingerprint density at radius 3 is 2.45 bits per heavy atom. The maximum absolute atomic E-state index is 12.3. The second-order valence-corrected chi connectivity index (χ2v) is 7.13. The van der Waals surface area contributed by atoms with E-state index in [1.165, 1.54) is 17.0 Å². The van der Waals surface area contributed by atoms with Crippen molar-refractivity contribution in [3.63, 3.8) is 0 Å². The largest absolute Gasteiger partial charge is 0.497 e. The number of quaternary nitrogens is 1. The minimum atomic E-state index is -0.391. The minimum Gasteiger partial charge on any atom is -0.497 e. The number of ether oxygens (including phenoxy) is 1. The average molecular weight is 397 g/mol. The van der Waals surface area contributed by atoms with Crippen molar-refractivity contribution in [1.29, 1.82) is 0 Å². The molecular formula is C21H25N4O4+. The zero-order valence-electron chi connectivity index (χ0n) is 16.3. The van der Waals surface area contributed by atoms with Gasteiger partial charge in [0.15, 0.2) is 0 Å². The Labute approximate surface area is 169 Å². The van der Waals surface area contributed by atoms with Crippen LogP contribution in [0.1, 0.15) is 24.0 Å². The van der Waals surface area contributed by atoms with Crippen LogP contribution in [0.4, 0.5) is 5.69 Å². The molecule has 0 spiro atoms. The number of carbonyl (C=O) groups is 1. The van der Waals surface area contributed by atoms with Crippen molar-refractivity contribution in [2.45, 2.75) is 19.4 Å². The predicted octanol–water partition coefficient (Wildman–Crippen LogP) is 1.55. The first-order valence-corrected chi connectivity index (χ1v) is 9.59. The fraction of sp³-hybridized carbons (Fsp3) is 0.333. The first-order chi connectivity index (χ1) is 14.0. The molecule has 8 nitrogen and oxygen atoms in total. The molecule has 1 aliphatic heterocycles. The zero-order chi connectivity index (χ0) is 20.6. The summed E-state index contributed by atoms with van der Waals surface area (Å²) >= 11 is 0. The van der Waals surface area contributed by atoms with Crippen LogP contribution in [0.2, 0.25) is 0 Å². The molecule has 0 atom stereocenters. The van der Waals surface area contributed by atoms with Gasteiger partial charge >= 0.3 is 0 Å². The molecule has 152 valence electrons. The summed E-state index contributed by atoms with van der Waals surface area (Å²) in [5, 5.41) is 14.8. The van der Waals surface area contributed by atoms with Gasteiger partial charge in [0.2, 0.25) is 5.91 Å². The van der Waals surface area contributed by atoms with Gasteiger partial charge in [-0.2, -0.15) is 5.10 Å². The highest BCUT2D eigenvalue weighted by Crippen LogP contribution is 2.13. The molecule has 2 aromatic rings. The Morgan fingerprint density at radius 2 is 1.86 bits per heavy atom. The highest BCUT2D eigenvalue weighted by atomic mass is 16.6. The fourth-order valence-electron chi connectivity index (χ4n) is 3.44. The van der Waals surface area contributed by atoms with E-state index in [4.69, 9.17) is 4.74 Å². The van der Waals surface area contributed by atoms with Gasteiger partial charge in [0.1, 0.15) is 12.3 Å². The quantitative estimate of drug-likeness (QED) is 0.421. The van der Waals surface area contributed by atoms with Gasteiger partial charge in [0, 0.05) is 30.5 Å². The second-order valence-electron chi connectivity index (χ2n) is 7.13. The van der Waals surface area contributed by atoms with E-state index in [0.29, 0.717) is 0 Å². The number of nitrogens with one attached hydrogen (secondary N) is 2. The topological polar surface area (TPSA) is 98.3 Å². The van der Waals surface area contributed by atoms with Crippen LogP contribution in [0, 0.1) is 16.0 Å². The van der Waals surface area contributed by atoms with Gasteiger partial charge in [-0.1, -0.05) is 0 Å². The van der Waals surface area contributed by atoms with Crippen molar-refractivity contribution < 1.29 is 19.4 Å². The van der Waals surface area contributed by atoms with Crippen LogP contribution in [0.25, 0.3) is 0 Å². The lowest BCUT2D eigenvalue weighted by molar-refractivity contribution is -0.919. The molecule has 2 N–H and O–H groups in total. The summed E-state index contributed by atoms with van der Waals surface area (Å²) in [6.45, 7) is 2.58. The Bertz CT molecular complexity index is 857. The molecule has 1 amide bonds. The van der Waals surface area contributed by atoms with E-state index in [9.17, 15) is 14.9 Å². The summed E-state index contributed by atoms with van der Waals surface area (Å²) in [4.78, 5) is 24.1. The molecular weight excluding hydrogens is 372 g/mol. The minimum absolute atomic E-state index is 0.0383. The zero-order valence-corrected chi connectivity index (χ0v) is 16.3. The monoisotopic (exact) mass is 397 g/mol. The lowest BCUT2D eigenvalue weighted by Gasteiger charge is -2.28. The van der Waals surface area contributed by atoms with E-state index in [-0.39, 0.29) is 17.5 Å². The number of nitro benzene ring substituents is 1. The number of non-ortho nitro benzene ring substituents is 1. The van der Waals surface area contributed by atoms with E-state index in [1.54, 1.807) is 25.5 Å². The highest BCUT2D eigenvalue weighted by Gasteiger charge is 2.27. The van der Waals surface area contributed by atoms with Gasteiger partial charge in [0.25, 0.3) is 5.69 Å². The standard InChI is InChI=1S/C21H24N4O4/c1-29-20-8-4-16(5-9-20)14-22-23-21(26)18-10-12-24(13-11-18)15-17-2-6-19(7-3-17)25(27)28/h2-9,14,18H,10-13,15H2,1H3,(H,23,26)/p+1/b22-14-. The molecule has 8 heteroatoms. The molecule has 1 aliphatic rings. The van der Waals surface area contributed by atoms with Gasteiger partial charge in [-0.15, -0.1) is 0 Å². The lowest BCUT2D eigenvalue weighted by Crippen LogP contribution is -3.11. The molecule has 0 unspecified atom stereocenters. The van der Waals surface area contributed by atoms with E-state index >= 15 is 0 Å². The normalized spacial score (nSPS) is 19.1. The van der Waals surface area contributed by atoms with Crippen molar-refractivity contribution >= 4 is 17.8 Å². The van der Waals surface area contributed by atoms with Gasteiger partial charge in [-0.05, 0) is 42.0 Å². The fourth-order valence-corrected chi connectivity index (χ4v) is 3.44. The number of carbonyl (C=O) groups excluding carboxylic acids is 1. The van der Waals surface area contributed by atoms with Crippen LogP contribution in [-0.4, -0.2) is 37.2 Å². The predicted molar refractivity (Wildman–Crippen MR) is 109 cm³/mol. The van der Waals surface area contributed by atoms with Crippen molar-refractivity contribution in [3.8, 4) is 5.75 Å². The van der Waals surface area contributed by atoms with E-state index in [2.05, 4.69) is 10.5 Å². The van der Waals surface area contributed by atoms with Gasteiger partial charge in [-0.25, -0.2) is 5.43 Å². The summed E-state index contributed by atoms with van der Waals surface area (Å²) in [5.41, 5.74) is 4.69. The number of nitro groups is 1. The van der Waals surface area contributed by atoms with Crippen LogP contribution < -0.4 is 15.1 Å². The molecule has 1 heterocycles. The van der Waals surface area contributed by atoms with Gasteiger partial charge in [-0.3, -0.25) is 14.9 Å². The number of methoxy groups -OCH3 is 1. The first-order valence-electron chi connectivity index (χ1n) is 9.59. The third-order valence-corrected chi connectivity index (χ3v) is 5.17. The Balaban J connectivity index is 1.42. The summed E-state index contributed by atoms with van der Waals surface area (Å²) in [6, 6.07) is 14.1. The Morgan fingerprint density at radius 1 is 1.21 bits per heavy atom. The van der Waals surface area contributed by atoms with Crippen LogP contribution >= 0.6 is 0 Å². The Kier molecular flexibility index (Phi) is 6.91. The molecule has 3 rings (SSSR count). The lowest BCUT2D eigenvalue weighted by atomic mass is 9.96. The van der Waals surface area contributed by atoms with Crippen molar-refractivity contribution in [2.24, 2.45) is 11.0 Å². The van der Waals surface area contributed by atoms with E-state index < -0.39 is 4.92 Å². The van der Waals surface area contributed by atoms with E-state index in [0.717, 1.165) is 49.4 Å². The van der Waals surface area contributed by atoms with Crippen LogP contribution in [-0.2, 0) is 11.3 Å². The molecule has 0 saturated carbocycles. The molecule has 0 aliphatic carbocycles. The van der Waals surface area contributed by atoms with Crippen molar-refractivity contribution in [3.05, 3.63) is 69.8 Å². The van der Waals surface area contributed by atoms with Gasteiger partial charge < -0.3 is 9.64 Å².